The fraction of sp³-hybridized carbons (Fsp3) is 0.0400. The first-order chi connectivity index (χ1) is 30.4. The summed E-state index contributed by atoms with van der Waals surface area (Å²) in [6.07, 6.45) is 1.65. The summed E-state index contributed by atoms with van der Waals surface area (Å²) in [4.78, 5) is 4.99. The number of aryl methyl sites for hydroxylation is 2. The molecule has 0 radical (unpaired) electrons. The second-order valence-electron chi connectivity index (χ2n) is 14.2. The number of hydrogen-bond donors (Lipinski definition) is 0. The molecule has 0 atom stereocenters. The molecule has 7 aromatic carbocycles. The van der Waals surface area contributed by atoms with Crippen LogP contribution in [0, 0.1) is 22.8 Å². The molecule has 7 heteroatoms. The van der Waals surface area contributed by atoms with Gasteiger partial charge in [0.2, 0.25) is 0 Å². The summed E-state index contributed by atoms with van der Waals surface area (Å²) in [7, 11) is 0. The van der Waals surface area contributed by atoms with Crippen molar-refractivity contribution in [2.75, 3.05) is 0 Å². The topological polar surface area (TPSA) is 41.3 Å². The van der Waals surface area contributed by atoms with Crippen molar-refractivity contribution in [1.29, 1.82) is 0 Å². The normalized spacial score (nSPS) is 14.1. The second-order valence-corrected chi connectivity index (χ2v) is 15.2. The van der Waals surface area contributed by atoms with Gasteiger partial charge in [-0.3, -0.25) is 0 Å². The molecule has 0 unspecified atom stereocenters. The smallest absolute Gasteiger partial charge is 0.0622 e. The first kappa shape index (κ1) is 26.9. The minimum absolute atomic E-state index is 0.186. The number of hydrogen-bond acceptors (Lipinski definition) is 2. The Morgan fingerprint density at radius 2 is 1.33 bits per heavy atom. The van der Waals surface area contributed by atoms with Crippen molar-refractivity contribution in [2.45, 2.75) is 6.85 Å². The minimum atomic E-state index is -2.44. The van der Waals surface area contributed by atoms with Gasteiger partial charge in [0.15, 0.2) is 0 Å². The Labute approximate surface area is 346 Å². The summed E-state index contributed by atoms with van der Waals surface area (Å²) in [5, 5.41) is 6.44. The maximum absolute atomic E-state index is 8.67. The number of benzene rings is 7. The van der Waals surface area contributed by atoms with Gasteiger partial charge in [0.1, 0.15) is 0 Å². The number of nitrogens with zero attached hydrogens (tertiary/aromatic N) is 5. The zero-order chi connectivity index (χ0) is 42.9. The average molecular weight is 919 g/mol. The van der Waals surface area contributed by atoms with Gasteiger partial charge < -0.3 is 4.40 Å². The monoisotopic (exact) mass is 918 g/mol. The van der Waals surface area contributed by atoms with E-state index in [1.165, 1.54) is 15.3 Å². The Morgan fingerprint density at radius 3 is 2.19 bits per heavy atom. The van der Waals surface area contributed by atoms with Crippen LogP contribution in [-0.2, 0) is 26.3 Å². The van der Waals surface area contributed by atoms with E-state index >= 15 is 0 Å². The van der Waals surface area contributed by atoms with Crippen LogP contribution < -0.4 is 4.74 Å². The maximum atomic E-state index is 8.67. The van der Waals surface area contributed by atoms with E-state index in [2.05, 4.69) is 71.1 Å². The molecule has 274 valence electrons. The molecule has 0 spiro atoms. The Morgan fingerprint density at radius 1 is 0.596 bits per heavy atom. The number of fused-ring (bicyclic) bond motifs is 10. The summed E-state index contributed by atoms with van der Waals surface area (Å²) < 4.78 is 65.3. The molecule has 0 saturated heterocycles. The molecular weight excluding hydrogens is 882 g/mol. The molecule has 5 aromatic heterocycles. The number of rotatable bonds is 5. The number of pyridine rings is 1. The third-order valence-corrected chi connectivity index (χ3v) is 12.1. The fourth-order valence-corrected chi connectivity index (χ4v) is 9.47. The zero-order valence-corrected chi connectivity index (χ0v) is 32.2. The molecule has 0 amide bonds. The van der Waals surface area contributed by atoms with Crippen LogP contribution in [0.1, 0.15) is 13.8 Å². The average Bonchev–Trinajstić information content (AvgIpc) is 3.99. The van der Waals surface area contributed by atoms with E-state index in [0.29, 0.717) is 43.4 Å². The van der Waals surface area contributed by atoms with Crippen LogP contribution in [0.15, 0.2) is 152 Å². The van der Waals surface area contributed by atoms with Gasteiger partial charge in [-0.05, 0) is 24.0 Å². The van der Waals surface area contributed by atoms with Crippen molar-refractivity contribution < 1.29 is 32.3 Å². The molecule has 6 nitrogen and oxygen atoms in total. The third-order valence-electron chi connectivity index (χ3n) is 11.1. The summed E-state index contributed by atoms with van der Waals surface area (Å²) in [5.74, 6) is 1.23. The number of imidazole rings is 1. The summed E-state index contributed by atoms with van der Waals surface area (Å²) in [6.45, 7) is -4.84. The van der Waals surface area contributed by atoms with Crippen molar-refractivity contribution >= 4 is 70.9 Å². The van der Waals surface area contributed by atoms with Gasteiger partial charge in [-0.2, -0.15) is 0 Å². The molecular formula is C50H31N5OPt-2. The van der Waals surface area contributed by atoms with E-state index in [9.17, 15) is 0 Å². The molecule has 5 heterocycles. The second kappa shape index (κ2) is 12.1. The minimum Gasteiger partial charge on any atom is -0.0622 e. The molecule has 0 fully saturated rings. The molecule has 0 N–H and O–H groups in total. The molecule has 0 aliphatic heterocycles. The fourth-order valence-electron chi connectivity index (χ4n) is 8.65. The van der Waals surface area contributed by atoms with Gasteiger partial charge in [-0.25, -0.2) is 0 Å². The van der Waals surface area contributed by atoms with Gasteiger partial charge in [0.25, 0.3) is 0 Å². The third kappa shape index (κ3) is 4.68. The van der Waals surface area contributed by atoms with E-state index in [-0.39, 0.29) is 5.56 Å². The van der Waals surface area contributed by atoms with E-state index < -0.39 is 13.8 Å². The molecule has 12 aromatic rings. The predicted molar refractivity (Wildman–Crippen MR) is 227 cm³/mol. The molecule has 0 bridgehead atoms. The van der Waals surface area contributed by atoms with Gasteiger partial charge >= 0.3 is 198 Å². The van der Waals surface area contributed by atoms with Gasteiger partial charge in [0, 0.05) is 37.4 Å². The van der Waals surface area contributed by atoms with Gasteiger partial charge in [0.05, 0.1) is 16.6 Å². The van der Waals surface area contributed by atoms with Crippen molar-refractivity contribution in [3.63, 3.8) is 0 Å². The van der Waals surface area contributed by atoms with Crippen molar-refractivity contribution in [3.05, 3.63) is 173 Å². The van der Waals surface area contributed by atoms with Crippen molar-refractivity contribution in [3.8, 4) is 34.1 Å². The quantitative estimate of drug-likeness (QED) is 0.161. The van der Waals surface area contributed by atoms with Crippen molar-refractivity contribution in [2.24, 2.45) is 6.98 Å². The van der Waals surface area contributed by atoms with Crippen LogP contribution in [0.5, 0.6) is 11.5 Å². The number of para-hydroxylation sites is 4. The first-order valence-corrected chi connectivity index (χ1v) is 19.6. The molecule has 0 aliphatic carbocycles. The van der Waals surface area contributed by atoms with Gasteiger partial charge in [-0.15, -0.1) is 0 Å². The number of aromatic nitrogens is 5. The molecule has 0 aliphatic rings. The van der Waals surface area contributed by atoms with Crippen LogP contribution >= 0.6 is 0 Å². The van der Waals surface area contributed by atoms with E-state index in [1.54, 1.807) is 24.4 Å². The Kier molecular flexibility index (Phi) is 5.73. The molecule has 12 rings (SSSR count). The van der Waals surface area contributed by atoms with Crippen molar-refractivity contribution in [1.82, 2.24) is 23.1 Å². The van der Waals surface area contributed by atoms with Crippen LogP contribution in [0.4, 0.5) is 0 Å². The van der Waals surface area contributed by atoms with Crippen LogP contribution in [0.25, 0.3) is 93.6 Å². The van der Waals surface area contributed by atoms with Crippen LogP contribution in [0.2, 0.25) is 0 Å². The van der Waals surface area contributed by atoms with E-state index in [1.807, 2.05) is 101 Å². The summed E-state index contributed by atoms with van der Waals surface area (Å²) in [6, 6.07) is 54.1. The summed E-state index contributed by atoms with van der Waals surface area (Å²) in [5.41, 5.74) is 8.15. The Bertz CT molecular complexity index is 3900. The van der Waals surface area contributed by atoms with Gasteiger partial charge in [-0.1, -0.05) is 66.7 Å². The summed E-state index contributed by atoms with van der Waals surface area (Å²) >= 11 is 2.04. The Hall–Kier alpha value is -6.75. The SMILES string of the molecule is [2H]C([2H])([2H])c1cc(-n2c3[c-]c(Oc4[c-]c(-n5[c](=[Pt])n(C([2H])([2H])[2H])c6ccccc65)ccc4)ccc3c3cc4c5cccc6c7ccccc7n(c4cc32)c65)ncc1-c1ccccc1. The van der Waals surface area contributed by atoms with E-state index in [0.717, 1.165) is 54.7 Å². The first-order valence-electron chi connectivity index (χ1n) is 21.5. The molecule has 57 heavy (non-hydrogen) atoms. The Balaban J connectivity index is 1.08. The standard InChI is InChI=1S/C50H31N5O.Pt/c1-31-24-49(51-29-42(31)32-12-4-3-5-13-32)54-46-26-35(56-34-15-10-14-33(25-34)53-30-52(2)44-20-8-9-21-45(44)53)22-23-37(46)40-27-41-39-18-11-17-38-36-16-6-7-19-43(36)55(50(38)39)48(41)28-47(40)54;/h3-24,27-29H,1-2H3;/q-2;/i1D3,2D3;. The number of ether oxygens (including phenoxy) is 1. The van der Waals surface area contributed by atoms with E-state index in [4.69, 9.17) is 17.9 Å². The van der Waals surface area contributed by atoms with Crippen LogP contribution in [0.3, 0.4) is 0 Å². The predicted octanol–water partition coefficient (Wildman–Crippen LogP) is 12.1. The molecule has 0 saturated carbocycles. The zero-order valence-electron chi connectivity index (χ0n) is 35.9. The van der Waals surface area contributed by atoms with Crippen LogP contribution in [-0.4, -0.2) is 23.1 Å².